The molecule has 3 rings (SSSR count). The predicted octanol–water partition coefficient (Wildman–Crippen LogP) is 2.70. The van der Waals surface area contributed by atoms with E-state index < -0.39 is 0 Å². The number of carbonyl (C=O) groups excluding carboxylic acids is 2. The van der Waals surface area contributed by atoms with E-state index in [-0.39, 0.29) is 18.4 Å². The Hall–Kier alpha value is -3.22. The zero-order valence-electron chi connectivity index (χ0n) is 14.9. The highest BCUT2D eigenvalue weighted by atomic mass is 16.5. The molecule has 136 valence electrons. The molecule has 2 aromatic carbocycles. The Kier molecular flexibility index (Phi) is 4.97. The number of methoxy groups -OCH3 is 2. The fraction of sp³-hybridized carbons (Fsp3) is 0.263. The van der Waals surface area contributed by atoms with Crippen LogP contribution in [0.15, 0.2) is 36.4 Å². The number of ether oxygens (including phenoxy) is 3. The third-order valence-electron chi connectivity index (χ3n) is 4.09. The van der Waals surface area contributed by atoms with Gasteiger partial charge < -0.3 is 24.4 Å². The van der Waals surface area contributed by atoms with E-state index in [2.05, 4.69) is 5.32 Å². The molecule has 0 bridgehead atoms. The quantitative estimate of drug-likeness (QED) is 0.891. The van der Waals surface area contributed by atoms with Gasteiger partial charge in [0.1, 0.15) is 17.2 Å². The highest BCUT2D eigenvalue weighted by molar-refractivity contribution is 6.06. The summed E-state index contributed by atoms with van der Waals surface area (Å²) in [5.74, 6) is 1.24. The molecular weight excluding hydrogens is 336 g/mol. The molecule has 0 aromatic heterocycles. The molecule has 1 aliphatic rings. The van der Waals surface area contributed by atoms with Gasteiger partial charge in [-0.3, -0.25) is 9.59 Å². The number of benzene rings is 2. The molecule has 2 amide bonds. The van der Waals surface area contributed by atoms with Crippen molar-refractivity contribution >= 4 is 23.2 Å². The lowest BCUT2D eigenvalue weighted by Gasteiger charge is -2.28. The fourth-order valence-corrected chi connectivity index (χ4v) is 2.77. The van der Waals surface area contributed by atoms with Crippen molar-refractivity contribution in [1.82, 2.24) is 0 Å². The summed E-state index contributed by atoms with van der Waals surface area (Å²) in [6.07, 6.45) is 0. The molecule has 2 aromatic rings. The molecular formula is C19H20N2O5. The van der Waals surface area contributed by atoms with Crippen LogP contribution in [0.2, 0.25) is 0 Å². The number of carbonyl (C=O) groups is 2. The SMILES string of the molecule is CCN1C(=O)COc2ccc(NC(=O)c3cc(OC)cc(OC)c3)cc21. The molecule has 1 N–H and O–H groups in total. The lowest BCUT2D eigenvalue weighted by atomic mass is 10.1. The Morgan fingerprint density at radius 3 is 2.46 bits per heavy atom. The maximum atomic E-state index is 12.6. The van der Waals surface area contributed by atoms with Crippen LogP contribution in [0.3, 0.4) is 0 Å². The van der Waals surface area contributed by atoms with Gasteiger partial charge in [-0.2, -0.15) is 0 Å². The minimum Gasteiger partial charge on any atom is -0.497 e. The summed E-state index contributed by atoms with van der Waals surface area (Å²) in [5.41, 5.74) is 1.61. The molecule has 0 saturated carbocycles. The van der Waals surface area contributed by atoms with Gasteiger partial charge >= 0.3 is 0 Å². The van der Waals surface area contributed by atoms with Crippen molar-refractivity contribution in [3.8, 4) is 17.2 Å². The number of hydrogen-bond donors (Lipinski definition) is 1. The zero-order valence-corrected chi connectivity index (χ0v) is 14.9. The molecule has 0 aliphatic carbocycles. The second-order valence-corrected chi connectivity index (χ2v) is 5.66. The minimum atomic E-state index is -0.312. The molecule has 0 fully saturated rings. The summed E-state index contributed by atoms with van der Waals surface area (Å²) < 4.78 is 15.8. The molecule has 7 heteroatoms. The Morgan fingerprint density at radius 1 is 1.15 bits per heavy atom. The number of anilines is 2. The van der Waals surface area contributed by atoms with Crippen molar-refractivity contribution in [3.05, 3.63) is 42.0 Å². The van der Waals surface area contributed by atoms with Crippen LogP contribution in [0.1, 0.15) is 17.3 Å². The van der Waals surface area contributed by atoms with Crippen LogP contribution >= 0.6 is 0 Å². The molecule has 26 heavy (non-hydrogen) atoms. The van der Waals surface area contributed by atoms with Crippen LogP contribution in [-0.2, 0) is 4.79 Å². The highest BCUT2D eigenvalue weighted by Gasteiger charge is 2.24. The number of rotatable bonds is 5. The highest BCUT2D eigenvalue weighted by Crippen LogP contribution is 2.34. The molecule has 1 aliphatic heterocycles. The van der Waals surface area contributed by atoms with Crippen LogP contribution in [-0.4, -0.2) is 39.2 Å². The van der Waals surface area contributed by atoms with Gasteiger partial charge in [-0.15, -0.1) is 0 Å². The van der Waals surface area contributed by atoms with Gasteiger partial charge in [-0.05, 0) is 37.3 Å². The molecule has 0 radical (unpaired) electrons. The van der Waals surface area contributed by atoms with Gasteiger partial charge in [0.25, 0.3) is 11.8 Å². The topological polar surface area (TPSA) is 77.1 Å². The van der Waals surface area contributed by atoms with E-state index in [1.165, 1.54) is 14.2 Å². The third-order valence-corrected chi connectivity index (χ3v) is 4.09. The molecule has 0 spiro atoms. The average Bonchev–Trinajstić information content (AvgIpc) is 2.67. The van der Waals surface area contributed by atoms with Gasteiger partial charge in [0.05, 0.1) is 19.9 Å². The Morgan fingerprint density at radius 2 is 1.85 bits per heavy atom. The third kappa shape index (κ3) is 3.42. The smallest absolute Gasteiger partial charge is 0.265 e. The summed E-state index contributed by atoms with van der Waals surface area (Å²) >= 11 is 0. The van der Waals surface area contributed by atoms with E-state index in [9.17, 15) is 9.59 Å². The summed E-state index contributed by atoms with van der Waals surface area (Å²) in [4.78, 5) is 26.2. The molecule has 0 unspecified atom stereocenters. The van der Waals surface area contributed by atoms with Gasteiger partial charge in [0, 0.05) is 23.9 Å². The first-order valence-electron chi connectivity index (χ1n) is 8.17. The summed E-state index contributed by atoms with van der Waals surface area (Å²) in [5, 5.41) is 2.83. The molecule has 0 saturated heterocycles. The fourth-order valence-electron chi connectivity index (χ4n) is 2.77. The Balaban J connectivity index is 1.87. The van der Waals surface area contributed by atoms with Crippen molar-refractivity contribution in [2.45, 2.75) is 6.92 Å². The summed E-state index contributed by atoms with van der Waals surface area (Å²) in [6, 6.07) is 10.1. The van der Waals surface area contributed by atoms with Gasteiger partial charge in [-0.25, -0.2) is 0 Å². The van der Waals surface area contributed by atoms with Crippen molar-refractivity contribution in [2.24, 2.45) is 0 Å². The standard InChI is InChI=1S/C19H20N2O5/c1-4-21-16-9-13(5-6-17(16)26-11-18(21)22)20-19(23)12-7-14(24-2)10-15(8-12)25-3/h5-10H,4,11H2,1-3H3,(H,20,23). The number of amides is 2. The normalized spacial score (nSPS) is 12.9. The summed E-state index contributed by atoms with van der Waals surface area (Å²) in [7, 11) is 3.05. The van der Waals surface area contributed by atoms with E-state index in [0.29, 0.717) is 40.7 Å². The zero-order chi connectivity index (χ0) is 18.7. The van der Waals surface area contributed by atoms with Crippen molar-refractivity contribution in [3.63, 3.8) is 0 Å². The van der Waals surface area contributed by atoms with Crippen molar-refractivity contribution < 1.29 is 23.8 Å². The Labute approximate surface area is 151 Å². The number of nitrogens with zero attached hydrogens (tertiary/aromatic N) is 1. The van der Waals surface area contributed by atoms with Crippen molar-refractivity contribution in [2.75, 3.05) is 37.6 Å². The molecule has 1 heterocycles. The molecule has 7 nitrogen and oxygen atoms in total. The number of nitrogens with one attached hydrogen (secondary N) is 1. The van der Waals surface area contributed by atoms with Crippen LogP contribution in [0, 0.1) is 0 Å². The van der Waals surface area contributed by atoms with E-state index in [1.807, 2.05) is 6.92 Å². The van der Waals surface area contributed by atoms with Crippen LogP contribution in [0.25, 0.3) is 0 Å². The van der Waals surface area contributed by atoms with Crippen molar-refractivity contribution in [1.29, 1.82) is 0 Å². The average molecular weight is 356 g/mol. The van der Waals surface area contributed by atoms with Crippen LogP contribution < -0.4 is 24.4 Å². The lowest BCUT2D eigenvalue weighted by molar-refractivity contribution is -0.121. The number of fused-ring (bicyclic) bond motifs is 1. The predicted molar refractivity (Wildman–Crippen MR) is 97.5 cm³/mol. The largest absolute Gasteiger partial charge is 0.497 e. The first kappa shape index (κ1) is 17.6. The van der Waals surface area contributed by atoms with Gasteiger partial charge in [-0.1, -0.05) is 0 Å². The summed E-state index contributed by atoms with van der Waals surface area (Å²) in [6.45, 7) is 2.44. The number of hydrogen-bond acceptors (Lipinski definition) is 5. The van der Waals surface area contributed by atoms with Crippen LogP contribution in [0.4, 0.5) is 11.4 Å². The Bertz CT molecular complexity index is 828. The maximum absolute atomic E-state index is 12.6. The van der Waals surface area contributed by atoms with Crippen LogP contribution in [0.5, 0.6) is 17.2 Å². The van der Waals surface area contributed by atoms with E-state index in [4.69, 9.17) is 14.2 Å². The number of likely N-dealkylation sites (N-methyl/N-ethyl adjacent to an activating group) is 1. The second kappa shape index (κ2) is 7.35. The monoisotopic (exact) mass is 356 g/mol. The minimum absolute atomic E-state index is 0.0240. The van der Waals surface area contributed by atoms with Gasteiger partial charge in [0.15, 0.2) is 6.61 Å². The first-order valence-corrected chi connectivity index (χ1v) is 8.17. The van der Waals surface area contributed by atoms with E-state index in [1.54, 1.807) is 41.3 Å². The molecule has 0 atom stereocenters. The van der Waals surface area contributed by atoms with E-state index in [0.717, 1.165) is 0 Å². The second-order valence-electron chi connectivity index (χ2n) is 5.66. The van der Waals surface area contributed by atoms with Gasteiger partial charge in [0.2, 0.25) is 0 Å². The first-order chi connectivity index (χ1) is 12.5. The van der Waals surface area contributed by atoms with E-state index >= 15 is 0 Å². The lowest BCUT2D eigenvalue weighted by Crippen LogP contribution is -2.38. The maximum Gasteiger partial charge on any atom is 0.265 e.